The standard InChI is InChI=1S/C18H17F3N4OS/c19-18(20,21)12-2-1-3-13(10-12)22-17-16-14(4-9-27-16)23-15(24-17)11-25-5-7-26-8-6-25/h1-4,9-10H,5-8,11H2,(H,22,23,24). The lowest BCUT2D eigenvalue weighted by Crippen LogP contribution is -2.36. The minimum absolute atomic E-state index is 0.343. The van der Waals surface area contributed by atoms with Gasteiger partial charge in [-0.3, -0.25) is 4.90 Å². The van der Waals surface area contributed by atoms with Crippen molar-refractivity contribution in [3.63, 3.8) is 0 Å². The minimum Gasteiger partial charge on any atom is -0.379 e. The fourth-order valence-electron chi connectivity index (χ4n) is 2.94. The van der Waals surface area contributed by atoms with Gasteiger partial charge < -0.3 is 10.1 Å². The smallest absolute Gasteiger partial charge is 0.379 e. The van der Waals surface area contributed by atoms with E-state index in [1.165, 1.54) is 17.4 Å². The van der Waals surface area contributed by atoms with Crippen molar-refractivity contribution in [1.82, 2.24) is 14.9 Å². The van der Waals surface area contributed by atoms with Gasteiger partial charge in [0.15, 0.2) is 5.82 Å². The summed E-state index contributed by atoms with van der Waals surface area (Å²) in [5.41, 5.74) is 0.431. The lowest BCUT2D eigenvalue weighted by molar-refractivity contribution is -0.137. The van der Waals surface area contributed by atoms with E-state index in [4.69, 9.17) is 4.74 Å². The molecule has 1 aliphatic rings. The first-order valence-corrected chi connectivity index (χ1v) is 9.35. The van der Waals surface area contributed by atoms with Crippen molar-refractivity contribution in [1.29, 1.82) is 0 Å². The molecule has 0 spiro atoms. The molecule has 1 saturated heterocycles. The van der Waals surface area contributed by atoms with Gasteiger partial charge in [0.1, 0.15) is 5.82 Å². The summed E-state index contributed by atoms with van der Waals surface area (Å²) < 4.78 is 45.1. The Bertz CT molecular complexity index is 938. The second kappa shape index (κ2) is 7.41. The number of thiophene rings is 1. The molecule has 1 aromatic carbocycles. The van der Waals surface area contributed by atoms with Gasteiger partial charge in [0.05, 0.1) is 35.5 Å². The Morgan fingerprint density at radius 1 is 1.15 bits per heavy atom. The third kappa shape index (κ3) is 4.20. The highest BCUT2D eigenvalue weighted by Crippen LogP contribution is 2.33. The number of nitrogens with one attached hydrogen (secondary N) is 1. The zero-order valence-electron chi connectivity index (χ0n) is 14.3. The molecule has 0 atom stereocenters. The molecule has 0 radical (unpaired) electrons. The van der Waals surface area contributed by atoms with E-state index in [9.17, 15) is 13.2 Å². The van der Waals surface area contributed by atoms with Gasteiger partial charge in [0.25, 0.3) is 0 Å². The van der Waals surface area contributed by atoms with E-state index in [1.807, 2.05) is 11.4 Å². The van der Waals surface area contributed by atoms with E-state index in [0.717, 1.165) is 35.4 Å². The highest BCUT2D eigenvalue weighted by molar-refractivity contribution is 7.17. The minimum atomic E-state index is -4.39. The van der Waals surface area contributed by atoms with Crippen LogP contribution in [0.15, 0.2) is 35.7 Å². The number of aromatic nitrogens is 2. The van der Waals surface area contributed by atoms with Crippen molar-refractivity contribution >= 4 is 33.1 Å². The fraction of sp³-hybridized carbons (Fsp3) is 0.333. The summed E-state index contributed by atoms with van der Waals surface area (Å²) in [5, 5.41) is 4.94. The van der Waals surface area contributed by atoms with Crippen LogP contribution < -0.4 is 5.32 Å². The highest BCUT2D eigenvalue weighted by Gasteiger charge is 2.30. The van der Waals surface area contributed by atoms with Gasteiger partial charge in [-0.15, -0.1) is 11.3 Å². The molecule has 5 nitrogen and oxygen atoms in total. The molecular weight excluding hydrogens is 377 g/mol. The van der Waals surface area contributed by atoms with Gasteiger partial charge in [0.2, 0.25) is 0 Å². The molecule has 0 aliphatic carbocycles. The highest BCUT2D eigenvalue weighted by atomic mass is 32.1. The quantitative estimate of drug-likeness (QED) is 0.716. The number of hydrogen-bond acceptors (Lipinski definition) is 6. The van der Waals surface area contributed by atoms with Crippen molar-refractivity contribution in [2.24, 2.45) is 0 Å². The maximum Gasteiger partial charge on any atom is 0.416 e. The summed E-state index contributed by atoms with van der Waals surface area (Å²) in [7, 11) is 0. The third-order valence-electron chi connectivity index (χ3n) is 4.27. The topological polar surface area (TPSA) is 50.3 Å². The zero-order chi connectivity index (χ0) is 18.9. The van der Waals surface area contributed by atoms with Crippen LogP contribution in [0.2, 0.25) is 0 Å². The van der Waals surface area contributed by atoms with Crippen molar-refractivity contribution < 1.29 is 17.9 Å². The Labute approximate surface area is 157 Å². The van der Waals surface area contributed by atoms with E-state index >= 15 is 0 Å². The van der Waals surface area contributed by atoms with Gasteiger partial charge in [-0.2, -0.15) is 13.2 Å². The summed E-state index contributed by atoms with van der Waals surface area (Å²) in [6.07, 6.45) is -4.39. The summed E-state index contributed by atoms with van der Waals surface area (Å²) in [6, 6.07) is 7.01. The van der Waals surface area contributed by atoms with Gasteiger partial charge in [-0.05, 0) is 29.6 Å². The Morgan fingerprint density at radius 3 is 2.74 bits per heavy atom. The van der Waals surface area contributed by atoms with Gasteiger partial charge in [-0.1, -0.05) is 6.07 Å². The van der Waals surface area contributed by atoms with E-state index in [2.05, 4.69) is 20.2 Å². The number of benzene rings is 1. The van der Waals surface area contributed by atoms with Crippen molar-refractivity contribution in [3.8, 4) is 0 Å². The van der Waals surface area contributed by atoms with Crippen LogP contribution in [-0.2, 0) is 17.5 Å². The number of rotatable bonds is 4. The summed E-state index contributed by atoms with van der Waals surface area (Å²) >= 11 is 1.45. The summed E-state index contributed by atoms with van der Waals surface area (Å²) in [6.45, 7) is 3.54. The van der Waals surface area contributed by atoms with Crippen LogP contribution >= 0.6 is 11.3 Å². The van der Waals surface area contributed by atoms with E-state index in [1.54, 1.807) is 6.07 Å². The number of hydrogen-bond donors (Lipinski definition) is 1. The number of alkyl halides is 3. The van der Waals surface area contributed by atoms with Crippen LogP contribution in [0.25, 0.3) is 10.2 Å². The summed E-state index contributed by atoms with van der Waals surface area (Å²) in [4.78, 5) is 11.4. The first kappa shape index (κ1) is 18.1. The molecule has 1 N–H and O–H groups in total. The number of nitrogens with zero attached hydrogens (tertiary/aromatic N) is 3. The lowest BCUT2D eigenvalue weighted by Gasteiger charge is -2.25. The molecule has 0 bridgehead atoms. The normalized spacial score (nSPS) is 16.0. The van der Waals surface area contributed by atoms with E-state index in [-0.39, 0.29) is 0 Å². The molecule has 27 heavy (non-hydrogen) atoms. The first-order valence-electron chi connectivity index (χ1n) is 8.47. The monoisotopic (exact) mass is 394 g/mol. The molecule has 4 rings (SSSR count). The molecule has 3 heterocycles. The number of ether oxygens (including phenoxy) is 1. The molecule has 0 unspecified atom stereocenters. The second-order valence-corrected chi connectivity index (χ2v) is 7.13. The third-order valence-corrected chi connectivity index (χ3v) is 5.18. The largest absolute Gasteiger partial charge is 0.416 e. The molecule has 9 heteroatoms. The maximum atomic E-state index is 13.0. The molecule has 1 aliphatic heterocycles. The van der Waals surface area contributed by atoms with Crippen LogP contribution in [0.1, 0.15) is 11.4 Å². The molecule has 0 amide bonds. The van der Waals surface area contributed by atoms with Crippen molar-refractivity contribution in [2.75, 3.05) is 31.6 Å². The van der Waals surface area contributed by atoms with Gasteiger partial charge >= 0.3 is 6.18 Å². The Hall–Kier alpha value is -2.23. The van der Waals surface area contributed by atoms with Crippen molar-refractivity contribution in [2.45, 2.75) is 12.7 Å². The predicted octanol–water partition coefficient (Wildman–Crippen LogP) is 4.29. The first-order chi connectivity index (χ1) is 13.0. The van der Waals surface area contributed by atoms with Crippen LogP contribution in [0.3, 0.4) is 0 Å². The molecule has 0 saturated carbocycles. The number of halogens is 3. The molecule has 3 aromatic rings. The Balaban J connectivity index is 1.63. The van der Waals surface area contributed by atoms with Crippen LogP contribution in [0, 0.1) is 0 Å². The number of morpholine rings is 1. The van der Waals surface area contributed by atoms with E-state index in [0.29, 0.717) is 37.1 Å². The van der Waals surface area contributed by atoms with Crippen LogP contribution in [0.4, 0.5) is 24.7 Å². The summed E-state index contributed by atoms with van der Waals surface area (Å²) in [5.74, 6) is 1.16. The Kier molecular flexibility index (Phi) is 4.98. The lowest BCUT2D eigenvalue weighted by atomic mass is 10.2. The Morgan fingerprint density at radius 2 is 1.96 bits per heavy atom. The van der Waals surface area contributed by atoms with Crippen molar-refractivity contribution in [3.05, 3.63) is 47.1 Å². The molecular formula is C18H17F3N4OS. The molecule has 1 fully saturated rings. The maximum absolute atomic E-state index is 13.0. The van der Waals surface area contributed by atoms with E-state index < -0.39 is 11.7 Å². The SMILES string of the molecule is FC(F)(F)c1cccc(Nc2nc(CN3CCOCC3)nc3ccsc23)c1. The van der Waals surface area contributed by atoms with Crippen LogP contribution in [-0.4, -0.2) is 41.2 Å². The predicted molar refractivity (Wildman–Crippen MR) is 98.2 cm³/mol. The number of fused-ring (bicyclic) bond motifs is 1. The van der Waals surface area contributed by atoms with Crippen LogP contribution in [0.5, 0.6) is 0 Å². The zero-order valence-corrected chi connectivity index (χ0v) is 15.1. The fourth-order valence-corrected chi connectivity index (χ4v) is 3.71. The average Bonchev–Trinajstić information content (AvgIpc) is 3.11. The van der Waals surface area contributed by atoms with Gasteiger partial charge in [0, 0.05) is 18.8 Å². The number of anilines is 2. The second-order valence-electron chi connectivity index (χ2n) is 6.22. The molecule has 2 aromatic heterocycles. The molecule has 142 valence electrons. The average molecular weight is 394 g/mol. The van der Waals surface area contributed by atoms with Gasteiger partial charge in [-0.25, -0.2) is 9.97 Å².